The van der Waals surface area contributed by atoms with Crippen molar-refractivity contribution in [1.82, 2.24) is 4.90 Å². The Hall–Kier alpha value is -1.85. The molecule has 128 valence electrons. The minimum absolute atomic E-state index is 0.0449. The van der Waals surface area contributed by atoms with Crippen molar-refractivity contribution >= 4 is 17.3 Å². The normalized spacial score (nSPS) is 16.0. The van der Waals surface area contributed by atoms with Crippen molar-refractivity contribution in [2.24, 2.45) is 5.92 Å². The molecule has 0 N–H and O–H groups in total. The second-order valence-electron chi connectivity index (χ2n) is 6.08. The van der Waals surface area contributed by atoms with Gasteiger partial charge in [0.05, 0.1) is 5.92 Å². The van der Waals surface area contributed by atoms with Crippen LogP contribution in [0.25, 0.3) is 0 Å². The van der Waals surface area contributed by atoms with E-state index in [0.29, 0.717) is 5.06 Å². The zero-order valence-corrected chi connectivity index (χ0v) is 14.8. The fraction of sp³-hybridized carbons (Fsp3) is 0.421. The molecule has 2 heterocycles. The van der Waals surface area contributed by atoms with Gasteiger partial charge in [-0.3, -0.25) is 4.89 Å². The first-order chi connectivity index (χ1) is 11.7. The van der Waals surface area contributed by atoms with Crippen LogP contribution in [0.3, 0.4) is 0 Å². The van der Waals surface area contributed by atoms with Crippen molar-refractivity contribution in [1.29, 1.82) is 0 Å². The largest absolute Gasteiger partial charge is 0.358 e. The SMILES string of the molecule is CCN1CCC(C(=O)OOc2ccc(Cc3ccccc3)s2)CC1. The van der Waals surface area contributed by atoms with Gasteiger partial charge in [-0.1, -0.05) is 48.6 Å². The van der Waals surface area contributed by atoms with Gasteiger partial charge in [0.1, 0.15) is 0 Å². The fourth-order valence-electron chi connectivity index (χ4n) is 2.93. The molecule has 2 aromatic rings. The van der Waals surface area contributed by atoms with Crippen LogP contribution < -0.4 is 4.89 Å². The minimum Gasteiger partial charge on any atom is -0.304 e. The molecule has 5 heteroatoms. The number of thiophene rings is 1. The summed E-state index contributed by atoms with van der Waals surface area (Å²) in [4.78, 5) is 25.9. The summed E-state index contributed by atoms with van der Waals surface area (Å²) in [6.45, 7) is 5.09. The van der Waals surface area contributed by atoms with Crippen molar-refractivity contribution in [2.45, 2.75) is 26.2 Å². The van der Waals surface area contributed by atoms with Crippen molar-refractivity contribution in [3.8, 4) is 5.06 Å². The van der Waals surface area contributed by atoms with Crippen molar-refractivity contribution < 1.29 is 14.6 Å². The fourth-order valence-corrected chi connectivity index (χ4v) is 3.77. The molecule has 0 atom stereocenters. The third kappa shape index (κ3) is 4.58. The Labute approximate surface area is 146 Å². The van der Waals surface area contributed by atoms with Gasteiger partial charge in [0.15, 0.2) is 0 Å². The number of hydrogen-bond acceptors (Lipinski definition) is 5. The van der Waals surface area contributed by atoms with Crippen LogP contribution in [-0.4, -0.2) is 30.5 Å². The van der Waals surface area contributed by atoms with E-state index >= 15 is 0 Å². The summed E-state index contributed by atoms with van der Waals surface area (Å²) in [7, 11) is 0. The monoisotopic (exact) mass is 345 g/mol. The van der Waals surface area contributed by atoms with Gasteiger partial charge in [0.25, 0.3) is 0 Å². The molecule has 1 aromatic heterocycles. The highest BCUT2D eigenvalue weighted by molar-refractivity contribution is 7.13. The predicted octanol–water partition coefficient (Wildman–Crippen LogP) is 3.91. The third-order valence-corrected chi connectivity index (χ3v) is 5.38. The highest BCUT2D eigenvalue weighted by atomic mass is 32.1. The van der Waals surface area contributed by atoms with Crippen LogP contribution in [0.5, 0.6) is 5.06 Å². The summed E-state index contributed by atoms with van der Waals surface area (Å²) in [6, 6.07) is 14.2. The molecule has 0 aliphatic carbocycles. The van der Waals surface area contributed by atoms with Gasteiger partial charge in [0, 0.05) is 11.3 Å². The van der Waals surface area contributed by atoms with Gasteiger partial charge in [-0.2, -0.15) is 0 Å². The molecular weight excluding hydrogens is 322 g/mol. The van der Waals surface area contributed by atoms with Crippen molar-refractivity contribution in [3.63, 3.8) is 0 Å². The lowest BCUT2D eigenvalue weighted by molar-refractivity contribution is -0.218. The number of piperidine rings is 1. The van der Waals surface area contributed by atoms with Crippen LogP contribution in [0.1, 0.15) is 30.2 Å². The van der Waals surface area contributed by atoms with E-state index in [-0.39, 0.29) is 11.9 Å². The average Bonchev–Trinajstić information content (AvgIpc) is 3.08. The summed E-state index contributed by atoms with van der Waals surface area (Å²) in [6.07, 6.45) is 2.55. The average molecular weight is 345 g/mol. The van der Waals surface area contributed by atoms with Crippen LogP contribution in [-0.2, 0) is 16.1 Å². The molecule has 4 nitrogen and oxygen atoms in total. The van der Waals surface area contributed by atoms with Crippen LogP contribution in [0.2, 0.25) is 0 Å². The quantitative estimate of drug-likeness (QED) is 0.588. The molecule has 24 heavy (non-hydrogen) atoms. The van der Waals surface area contributed by atoms with E-state index in [4.69, 9.17) is 9.78 Å². The highest BCUT2D eigenvalue weighted by Crippen LogP contribution is 2.27. The molecule has 0 unspecified atom stereocenters. The topological polar surface area (TPSA) is 38.8 Å². The maximum Gasteiger partial charge on any atom is 0.358 e. The number of hydrogen-bond donors (Lipinski definition) is 0. The standard InChI is InChI=1S/C19H23NO3S/c1-2-20-12-10-16(11-13-20)19(21)23-22-18-9-8-17(24-18)14-15-6-4-3-5-7-15/h3-9,16H,2,10-14H2,1H3. The first-order valence-electron chi connectivity index (χ1n) is 8.48. The van der Waals surface area contributed by atoms with Gasteiger partial charge in [-0.25, -0.2) is 9.68 Å². The number of benzene rings is 1. The van der Waals surface area contributed by atoms with E-state index in [2.05, 4.69) is 24.0 Å². The van der Waals surface area contributed by atoms with E-state index in [9.17, 15) is 4.79 Å². The molecule has 0 amide bonds. The Morgan fingerprint density at radius 1 is 1.17 bits per heavy atom. The molecule has 0 spiro atoms. The highest BCUT2D eigenvalue weighted by Gasteiger charge is 2.26. The molecule has 1 saturated heterocycles. The summed E-state index contributed by atoms with van der Waals surface area (Å²) < 4.78 is 0. The Bertz CT molecular complexity index is 648. The van der Waals surface area contributed by atoms with Crippen molar-refractivity contribution in [2.75, 3.05) is 19.6 Å². The predicted molar refractivity (Wildman–Crippen MR) is 95.1 cm³/mol. The number of likely N-dealkylation sites (tertiary alicyclic amines) is 1. The smallest absolute Gasteiger partial charge is 0.304 e. The lowest BCUT2D eigenvalue weighted by Crippen LogP contribution is -2.36. The number of carbonyl (C=O) groups is 1. The second-order valence-corrected chi connectivity index (χ2v) is 7.21. The van der Waals surface area contributed by atoms with Gasteiger partial charge < -0.3 is 4.90 Å². The van der Waals surface area contributed by atoms with Gasteiger partial charge in [-0.15, -0.1) is 0 Å². The number of carbonyl (C=O) groups excluding carboxylic acids is 1. The van der Waals surface area contributed by atoms with E-state index in [0.717, 1.165) is 38.9 Å². The van der Waals surface area contributed by atoms with Gasteiger partial charge in [0.2, 0.25) is 5.06 Å². The Balaban J connectivity index is 1.46. The van der Waals surface area contributed by atoms with Crippen molar-refractivity contribution in [3.05, 3.63) is 52.9 Å². The maximum absolute atomic E-state index is 12.1. The molecular formula is C19H23NO3S. The van der Waals surface area contributed by atoms with Gasteiger partial charge >= 0.3 is 5.97 Å². The van der Waals surface area contributed by atoms with Crippen LogP contribution in [0.15, 0.2) is 42.5 Å². The zero-order chi connectivity index (χ0) is 16.8. The molecule has 1 aliphatic rings. The molecule has 1 aliphatic heterocycles. The lowest BCUT2D eigenvalue weighted by atomic mass is 9.97. The molecule has 1 fully saturated rings. The molecule has 1 aromatic carbocycles. The van der Waals surface area contributed by atoms with Crippen LogP contribution in [0.4, 0.5) is 0 Å². The molecule has 3 rings (SSSR count). The van der Waals surface area contributed by atoms with Crippen LogP contribution in [0, 0.1) is 5.92 Å². The number of nitrogens with zero attached hydrogens (tertiary/aromatic N) is 1. The summed E-state index contributed by atoms with van der Waals surface area (Å²) >= 11 is 1.51. The summed E-state index contributed by atoms with van der Waals surface area (Å²) in [5, 5.41) is 0.625. The number of rotatable bonds is 6. The van der Waals surface area contributed by atoms with Gasteiger partial charge in [-0.05, 0) is 50.2 Å². The Morgan fingerprint density at radius 3 is 2.62 bits per heavy atom. The summed E-state index contributed by atoms with van der Waals surface area (Å²) in [5.41, 5.74) is 1.26. The Morgan fingerprint density at radius 2 is 1.92 bits per heavy atom. The van der Waals surface area contributed by atoms with E-state index in [1.165, 1.54) is 21.8 Å². The minimum atomic E-state index is -0.247. The lowest BCUT2D eigenvalue weighted by Gasteiger charge is -2.29. The van der Waals surface area contributed by atoms with E-state index in [1.54, 1.807) is 0 Å². The second kappa shape index (κ2) is 8.31. The first-order valence-corrected chi connectivity index (χ1v) is 9.29. The first kappa shape index (κ1) is 17.0. The molecule has 0 saturated carbocycles. The van der Waals surface area contributed by atoms with Crippen LogP contribution >= 0.6 is 11.3 Å². The summed E-state index contributed by atoms with van der Waals surface area (Å²) in [5.74, 6) is -0.291. The van der Waals surface area contributed by atoms with E-state index in [1.807, 2.05) is 30.3 Å². The third-order valence-electron chi connectivity index (χ3n) is 4.43. The molecule has 0 bridgehead atoms. The molecule has 0 radical (unpaired) electrons. The maximum atomic E-state index is 12.1. The Kier molecular flexibility index (Phi) is 5.88. The zero-order valence-electron chi connectivity index (χ0n) is 13.9. The van der Waals surface area contributed by atoms with E-state index < -0.39 is 0 Å².